The third kappa shape index (κ3) is 2.78. The molecule has 1 aliphatic carbocycles. The van der Waals surface area contributed by atoms with Crippen LogP contribution in [-0.4, -0.2) is 5.91 Å². The number of hydrogen-bond donors (Lipinski definition) is 1. The van der Waals surface area contributed by atoms with Crippen molar-refractivity contribution in [3.05, 3.63) is 50.0 Å². The van der Waals surface area contributed by atoms with E-state index in [2.05, 4.69) is 27.3 Å². The smallest absolute Gasteiger partial charge is 0.292 e. The SMILES string of the molecule is Cc1c(C(=O)Nc2sc3c(c2C#N)CCCC3)oc2ccc(Br)cc12. The predicted octanol–water partition coefficient (Wildman–Crippen LogP) is 5.57. The van der Waals surface area contributed by atoms with Crippen LogP contribution < -0.4 is 5.32 Å². The number of aryl methyl sites for hydroxylation is 2. The Morgan fingerprint density at radius 3 is 2.96 bits per heavy atom. The summed E-state index contributed by atoms with van der Waals surface area (Å²) in [6, 6.07) is 7.93. The lowest BCUT2D eigenvalue weighted by Crippen LogP contribution is -2.12. The van der Waals surface area contributed by atoms with Gasteiger partial charge in [0.25, 0.3) is 5.91 Å². The van der Waals surface area contributed by atoms with Crippen LogP contribution in [0.1, 0.15) is 45.0 Å². The van der Waals surface area contributed by atoms with Crippen molar-refractivity contribution in [2.45, 2.75) is 32.6 Å². The number of furan rings is 1. The molecule has 25 heavy (non-hydrogen) atoms. The van der Waals surface area contributed by atoms with Gasteiger partial charge in [-0.25, -0.2) is 0 Å². The van der Waals surface area contributed by atoms with E-state index in [9.17, 15) is 10.1 Å². The Bertz CT molecular complexity index is 1040. The second kappa shape index (κ2) is 6.32. The lowest BCUT2D eigenvalue weighted by molar-refractivity contribution is 0.0998. The molecule has 0 fully saturated rings. The summed E-state index contributed by atoms with van der Waals surface area (Å²) in [6.07, 6.45) is 4.15. The molecule has 4 rings (SSSR count). The number of carbonyl (C=O) groups excluding carboxylic acids is 1. The average Bonchev–Trinajstić information content (AvgIpc) is 3.12. The molecule has 1 aromatic carbocycles. The van der Waals surface area contributed by atoms with Crippen molar-refractivity contribution >= 4 is 49.1 Å². The molecule has 0 saturated heterocycles. The van der Waals surface area contributed by atoms with Crippen LogP contribution in [0.4, 0.5) is 5.00 Å². The first-order valence-electron chi connectivity index (χ1n) is 8.13. The number of thiophene rings is 1. The Hall–Kier alpha value is -2.10. The van der Waals surface area contributed by atoms with E-state index in [4.69, 9.17) is 4.42 Å². The highest BCUT2D eigenvalue weighted by Gasteiger charge is 2.24. The van der Waals surface area contributed by atoms with E-state index in [1.807, 2.05) is 25.1 Å². The van der Waals surface area contributed by atoms with Crippen LogP contribution in [0.25, 0.3) is 11.0 Å². The molecular weight excluding hydrogens is 400 g/mol. The molecule has 0 unspecified atom stereocenters. The van der Waals surface area contributed by atoms with Crippen molar-refractivity contribution in [2.75, 3.05) is 5.32 Å². The summed E-state index contributed by atoms with van der Waals surface area (Å²) in [5.74, 6) is -0.0109. The Balaban J connectivity index is 1.70. The van der Waals surface area contributed by atoms with E-state index in [1.54, 1.807) is 0 Å². The average molecular weight is 415 g/mol. The van der Waals surface area contributed by atoms with Gasteiger partial charge in [-0.05, 0) is 56.4 Å². The predicted molar refractivity (Wildman–Crippen MR) is 102 cm³/mol. The number of carbonyl (C=O) groups is 1. The number of hydrogen-bond acceptors (Lipinski definition) is 4. The van der Waals surface area contributed by atoms with Crippen LogP contribution in [0.3, 0.4) is 0 Å². The number of amides is 1. The van der Waals surface area contributed by atoms with Gasteiger partial charge in [0.15, 0.2) is 5.76 Å². The minimum atomic E-state index is -0.306. The number of halogens is 1. The molecule has 0 aliphatic heterocycles. The maximum absolute atomic E-state index is 12.8. The highest BCUT2D eigenvalue weighted by Crippen LogP contribution is 2.38. The first-order chi connectivity index (χ1) is 12.1. The van der Waals surface area contributed by atoms with Crippen molar-refractivity contribution in [1.82, 2.24) is 0 Å². The maximum Gasteiger partial charge on any atom is 0.292 e. The summed E-state index contributed by atoms with van der Waals surface area (Å²) in [4.78, 5) is 14.0. The van der Waals surface area contributed by atoms with Gasteiger partial charge in [-0.3, -0.25) is 4.79 Å². The summed E-state index contributed by atoms with van der Waals surface area (Å²) >= 11 is 4.96. The Labute approximate surface area is 157 Å². The fourth-order valence-corrected chi connectivity index (χ4v) is 4.94. The van der Waals surface area contributed by atoms with Crippen LogP contribution in [-0.2, 0) is 12.8 Å². The number of nitrogens with one attached hydrogen (secondary N) is 1. The third-order valence-electron chi connectivity index (χ3n) is 4.61. The topological polar surface area (TPSA) is 66.0 Å². The lowest BCUT2D eigenvalue weighted by Gasteiger charge is -2.09. The molecular formula is C19H15BrN2O2S. The Morgan fingerprint density at radius 2 is 2.16 bits per heavy atom. The monoisotopic (exact) mass is 414 g/mol. The molecule has 0 saturated carbocycles. The second-order valence-corrected chi connectivity index (χ2v) is 8.20. The number of benzene rings is 1. The van der Waals surface area contributed by atoms with E-state index < -0.39 is 0 Å². The van der Waals surface area contributed by atoms with Gasteiger partial charge in [0, 0.05) is 20.3 Å². The zero-order valence-corrected chi connectivity index (χ0v) is 16.0. The number of nitrogens with zero attached hydrogens (tertiary/aromatic N) is 1. The van der Waals surface area contributed by atoms with E-state index >= 15 is 0 Å². The zero-order chi connectivity index (χ0) is 17.6. The van der Waals surface area contributed by atoms with Gasteiger partial charge < -0.3 is 9.73 Å². The van der Waals surface area contributed by atoms with Gasteiger partial charge in [0.1, 0.15) is 16.7 Å². The molecule has 6 heteroatoms. The first kappa shape index (κ1) is 16.4. The molecule has 0 radical (unpaired) electrons. The van der Waals surface area contributed by atoms with Crippen molar-refractivity contribution in [1.29, 1.82) is 5.26 Å². The van der Waals surface area contributed by atoms with Crippen LogP contribution >= 0.6 is 27.3 Å². The summed E-state index contributed by atoms with van der Waals surface area (Å²) in [5, 5.41) is 14.0. The van der Waals surface area contributed by atoms with E-state index in [1.165, 1.54) is 16.2 Å². The number of rotatable bonds is 2. The van der Waals surface area contributed by atoms with E-state index in [0.717, 1.165) is 46.7 Å². The van der Waals surface area contributed by atoms with Gasteiger partial charge in [-0.15, -0.1) is 11.3 Å². The highest BCUT2D eigenvalue weighted by molar-refractivity contribution is 9.10. The fraction of sp³-hybridized carbons (Fsp3) is 0.263. The van der Waals surface area contributed by atoms with Crippen LogP contribution in [0, 0.1) is 18.3 Å². The minimum Gasteiger partial charge on any atom is -0.451 e. The van der Waals surface area contributed by atoms with Crippen LogP contribution in [0.5, 0.6) is 0 Å². The van der Waals surface area contributed by atoms with Gasteiger partial charge in [0.05, 0.1) is 5.56 Å². The van der Waals surface area contributed by atoms with Gasteiger partial charge in [-0.1, -0.05) is 15.9 Å². The molecule has 4 nitrogen and oxygen atoms in total. The standard InChI is InChI=1S/C19H15BrN2O2S/c1-10-13-8-11(20)6-7-15(13)24-17(10)18(23)22-19-14(9-21)12-4-2-3-5-16(12)25-19/h6-8H,2-5H2,1H3,(H,22,23). The molecule has 2 aromatic heterocycles. The van der Waals surface area contributed by atoms with Gasteiger partial charge >= 0.3 is 0 Å². The number of fused-ring (bicyclic) bond motifs is 2. The minimum absolute atomic E-state index is 0.295. The van der Waals surface area contributed by atoms with E-state index in [0.29, 0.717) is 21.9 Å². The first-order valence-corrected chi connectivity index (χ1v) is 9.74. The fourth-order valence-electron chi connectivity index (χ4n) is 3.34. The molecule has 1 amide bonds. The van der Waals surface area contributed by atoms with Crippen molar-refractivity contribution in [2.24, 2.45) is 0 Å². The lowest BCUT2D eigenvalue weighted by atomic mass is 9.96. The number of nitriles is 1. The summed E-state index contributed by atoms with van der Waals surface area (Å²) in [6.45, 7) is 1.87. The van der Waals surface area contributed by atoms with Gasteiger partial charge in [-0.2, -0.15) is 5.26 Å². The summed E-state index contributed by atoms with van der Waals surface area (Å²) < 4.78 is 6.69. The third-order valence-corrected chi connectivity index (χ3v) is 6.32. The Morgan fingerprint density at radius 1 is 1.36 bits per heavy atom. The van der Waals surface area contributed by atoms with E-state index in [-0.39, 0.29) is 5.91 Å². The summed E-state index contributed by atoms with van der Waals surface area (Å²) in [7, 11) is 0. The van der Waals surface area contributed by atoms with Crippen LogP contribution in [0.15, 0.2) is 27.1 Å². The largest absolute Gasteiger partial charge is 0.451 e. The molecule has 0 spiro atoms. The molecule has 126 valence electrons. The van der Waals surface area contributed by atoms with Crippen molar-refractivity contribution < 1.29 is 9.21 Å². The normalized spacial score (nSPS) is 13.5. The molecule has 2 heterocycles. The highest BCUT2D eigenvalue weighted by atomic mass is 79.9. The number of anilines is 1. The molecule has 0 bridgehead atoms. The molecule has 3 aromatic rings. The summed E-state index contributed by atoms with van der Waals surface area (Å²) in [5.41, 5.74) is 3.20. The molecule has 1 aliphatic rings. The molecule has 1 N–H and O–H groups in total. The quantitative estimate of drug-likeness (QED) is 0.595. The zero-order valence-electron chi connectivity index (χ0n) is 13.6. The molecule has 0 atom stereocenters. The van der Waals surface area contributed by atoms with Gasteiger partial charge in [0.2, 0.25) is 0 Å². The van der Waals surface area contributed by atoms with Crippen LogP contribution in [0.2, 0.25) is 0 Å². The van der Waals surface area contributed by atoms with Crippen molar-refractivity contribution in [3.63, 3.8) is 0 Å². The second-order valence-electron chi connectivity index (χ2n) is 6.18. The maximum atomic E-state index is 12.8. The van der Waals surface area contributed by atoms with Crippen molar-refractivity contribution in [3.8, 4) is 6.07 Å². The Kier molecular flexibility index (Phi) is 4.14.